The molecule has 89 valence electrons. The third kappa shape index (κ3) is 4.03. The smallest absolute Gasteiger partial charge is 0.121 e. The number of rotatable bonds is 3. The lowest BCUT2D eigenvalue weighted by atomic mass is 10.0. The Balaban J connectivity index is 2.99. The molecule has 1 N–H and O–H groups in total. The molecule has 0 atom stereocenters. The minimum absolute atomic E-state index is 0.0231. The lowest BCUT2D eigenvalue weighted by Crippen LogP contribution is -2.23. The highest BCUT2D eigenvalue weighted by Crippen LogP contribution is 2.27. The quantitative estimate of drug-likeness (QED) is 0.878. The summed E-state index contributed by atoms with van der Waals surface area (Å²) < 4.78 is 5.74. The van der Waals surface area contributed by atoms with E-state index in [0.29, 0.717) is 5.02 Å². The average molecular weight is 242 g/mol. The van der Waals surface area contributed by atoms with E-state index in [0.717, 1.165) is 17.2 Å². The van der Waals surface area contributed by atoms with Crippen molar-refractivity contribution in [3.63, 3.8) is 0 Å². The highest BCUT2D eigenvalue weighted by molar-refractivity contribution is 6.30. The molecule has 3 heteroatoms. The summed E-state index contributed by atoms with van der Waals surface area (Å²) in [6, 6.07) is 5.49. The van der Waals surface area contributed by atoms with Gasteiger partial charge in [-0.15, -0.1) is 0 Å². The molecule has 0 saturated heterocycles. The second-order valence-corrected chi connectivity index (χ2v) is 5.26. The van der Waals surface area contributed by atoms with Crippen molar-refractivity contribution < 1.29 is 9.84 Å². The lowest BCUT2D eigenvalue weighted by molar-refractivity contribution is 0.131. The summed E-state index contributed by atoms with van der Waals surface area (Å²) in [6.45, 7) is 7.84. The molecule has 0 heterocycles. The van der Waals surface area contributed by atoms with E-state index in [4.69, 9.17) is 21.4 Å². The lowest BCUT2D eigenvalue weighted by Gasteiger charge is -2.22. The normalized spacial score (nSPS) is 11.9. The van der Waals surface area contributed by atoms with Crippen molar-refractivity contribution in [2.45, 2.75) is 33.3 Å². The molecule has 1 rings (SSSR count). The molecule has 0 aromatic heterocycles. The SMILES string of the molecule is C[C](CO)c1cc(Cl)cc(OC(C)(C)C)c1. The number of hydrogen-bond acceptors (Lipinski definition) is 2. The Morgan fingerprint density at radius 2 is 1.94 bits per heavy atom. The molecule has 0 bridgehead atoms. The van der Waals surface area contributed by atoms with Crippen molar-refractivity contribution in [2.75, 3.05) is 6.61 Å². The van der Waals surface area contributed by atoms with Gasteiger partial charge in [0.1, 0.15) is 11.4 Å². The molecule has 0 aliphatic rings. The van der Waals surface area contributed by atoms with E-state index < -0.39 is 0 Å². The number of hydrogen-bond donors (Lipinski definition) is 1. The molecular weight excluding hydrogens is 224 g/mol. The van der Waals surface area contributed by atoms with E-state index in [1.54, 1.807) is 6.07 Å². The van der Waals surface area contributed by atoms with Gasteiger partial charge in [-0.3, -0.25) is 0 Å². The number of aliphatic hydroxyl groups excluding tert-OH is 1. The Kier molecular flexibility index (Phi) is 4.22. The van der Waals surface area contributed by atoms with Crippen LogP contribution in [0.2, 0.25) is 5.02 Å². The molecular formula is C13H18ClO2. The number of aliphatic hydroxyl groups is 1. The van der Waals surface area contributed by atoms with Gasteiger partial charge in [-0.2, -0.15) is 0 Å². The third-order valence-corrected chi connectivity index (χ3v) is 2.24. The molecule has 1 radical (unpaired) electrons. The van der Waals surface area contributed by atoms with Gasteiger partial charge >= 0.3 is 0 Å². The largest absolute Gasteiger partial charge is 0.488 e. The molecule has 16 heavy (non-hydrogen) atoms. The van der Waals surface area contributed by atoms with Crippen LogP contribution in [0.15, 0.2) is 18.2 Å². The Hall–Kier alpha value is -0.730. The summed E-state index contributed by atoms with van der Waals surface area (Å²) in [5, 5.41) is 9.70. The van der Waals surface area contributed by atoms with Gasteiger partial charge < -0.3 is 9.84 Å². The fourth-order valence-electron chi connectivity index (χ4n) is 1.31. The van der Waals surface area contributed by atoms with Crippen molar-refractivity contribution >= 4 is 11.6 Å². The fourth-order valence-corrected chi connectivity index (χ4v) is 1.54. The summed E-state index contributed by atoms with van der Waals surface area (Å²) in [7, 11) is 0. The predicted molar refractivity (Wildman–Crippen MR) is 66.9 cm³/mol. The summed E-state index contributed by atoms with van der Waals surface area (Å²) >= 11 is 6.00. The first-order valence-corrected chi connectivity index (χ1v) is 5.63. The van der Waals surface area contributed by atoms with Gasteiger partial charge in [-0.25, -0.2) is 0 Å². The van der Waals surface area contributed by atoms with Crippen molar-refractivity contribution in [3.8, 4) is 5.75 Å². The highest BCUT2D eigenvalue weighted by Gasteiger charge is 2.14. The zero-order valence-electron chi connectivity index (χ0n) is 10.2. The molecule has 0 saturated carbocycles. The van der Waals surface area contributed by atoms with Gasteiger partial charge in [0.15, 0.2) is 0 Å². The highest BCUT2D eigenvalue weighted by atomic mass is 35.5. The van der Waals surface area contributed by atoms with Gasteiger partial charge in [-0.1, -0.05) is 18.5 Å². The van der Waals surface area contributed by atoms with E-state index in [-0.39, 0.29) is 12.2 Å². The molecule has 1 aromatic rings. The van der Waals surface area contributed by atoms with Crippen LogP contribution in [0.5, 0.6) is 5.75 Å². The first kappa shape index (κ1) is 13.3. The zero-order valence-corrected chi connectivity index (χ0v) is 10.9. The molecule has 0 unspecified atom stereocenters. The maximum atomic E-state index is 9.08. The molecule has 0 spiro atoms. The van der Waals surface area contributed by atoms with Gasteiger partial charge in [0.2, 0.25) is 0 Å². The van der Waals surface area contributed by atoms with Crippen LogP contribution in [-0.4, -0.2) is 17.3 Å². The minimum Gasteiger partial charge on any atom is -0.488 e. The summed E-state index contributed by atoms with van der Waals surface area (Å²) in [5.74, 6) is 1.60. The van der Waals surface area contributed by atoms with Crippen LogP contribution in [-0.2, 0) is 0 Å². The van der Waals surface area contributed by atoms with Crippen molar-refractivity contribution in [3.05, 3.63) is 34.7 Å². The van der Waals surface area contributed by atoms with E-state index in [9.17, 15) is 0 Å². The van der Waals surface area contributed by atoms with Gasteiger partial charge in [0.05, 0.1) is 6.61 Å². The van der Waals surface area contributed by atoms with Crippen LogP contribution in [0.25, 0.3) is 0 Å². The second-order valence-electron chi connectivity index (χ2n) is 4.83. The summed E-state index contributed by atoms with van der Waals surface area (Å²) in [4.78, 5) is 0. The maximum Gasteiger partial charge on any atom is 0.121 e. The van der Waals surface area contributed by atoms with Crippen molar-refractivity contribution in [1.29, 1.82) is 0 Å². The number of ether oxygens (including phenoxy) is 1. The number of halogens is 1. The van der Waals surface area contributed by atoms with E-state index in [1.165, 1.54) is 0 Å². The summed E-state index contributed by atoms with van der Waals surface area (Å²) in [6.07, 6.45) is 0. The van der Waals surface area contributed by atoms with E-state index >= 15 is 0 Å². The molecule has 0 aliphatic carbocycles. The van der Waals surface area contributed by atoms with Crippen molar-refractivity contribution in [2.24, 2.45) is 0 Å². The van der Waals surface area contributed by atoms with Crippen LogP contribution < -0.4 is 4.74 Å². The minimum atomic E-state index is -0.255. The summed E-state index contributed by atoms with van der Waals surface area (Å²) in [5.41, 5.74) is 0.656. The molecule has 2 nitrogen and oxygen atoms in total. The molecule has 0 fully saturated rings. The standard InChI is InChI=1S/C13H18ClO2/c1-9(8-15)10-5-11(14)7-12(6-10)16-13(2,3)4/h5-7,15H,8H2,1-4H3. The number of benzene rings is 1. The van der Waals surface area contributed by atoms with Gasteiger partial charge in [0.25, 0.3) is 0 Å². The Bertz CT molecular complexity index is 355. The van der Waals surface area contributed by atoms with Crippen LogP contribution in [0.4, 0.5) is 0 Å². The maximum absolute atomic E-state index is 9.08. The molecule has 1 aromatic carbocycles. The van der Waals surface area contributed by atoms with E-state index in [1.807, 2.05) is 39.8 Å². The van der Waals surface area contributed by atoms with Crippen LogP contribution in [0, 0.1) is 5.92 Å². The first-order valence-electron chi connectivity index (χ1n) is 5.25. The Labute approximate surface area is 102 Å². The van der Waals surface area contributed by atoms with E-state index in [2.05, 4.69) is 0 Å². The zero-order chi connectivity index (χ0) is 12.3. The van der Waals surface area contributed by atoms with Crippen molar-refractivity contribution in [1.82, 2.24) is 0 Å². The van der Waals surface area contributed by atoms with Crippen LogP contribution in [0.1, 0.15) is 33.3 Å². The van der Waals surface area contributed by atoms with Crippen LogP contribution in [0.3, 0.4) is 0 Å². The predicted octanol–water partition coefficient (Wildman–Crippen LogP) is 3.45. The fraction of sp³-hybridized carbons (Fsp3) is 0.462. The monoisotopic (exact) mass is 241 g/mol. The second kappa shape index (κ2) is 5.07. The first-order chi connectivity index (χ1) is 7.31. The van der Waals surface area contributed by atoms with Crippen LogP contribution >= 0.6 is 11.6 Å². The van der Waals surface area contributed by atoms with Gasteiger partial charge in [-0.05, 0) is 44.5 Å². The molecule has 0 aliphatic heterocycles. The average Bonchev–Trinajstić information content (AvgIpc) is 2.12. The topological polar surface area (TPSA) is 29.5 Å². The third-order valence-electron chi connectivity index (χ3n) is 2.03. The Morgan fingerprint density at radius 1 is 1.31 bits per heavy atom. The Morgan fingerprint density at radius 3 is 2.44 bits per heavy atom. The van der Waals surface area contributed by atoms with Gasteiger partial charge in [0, 0.05) is 10.9 Å². The molecule has 0 amide bonds.